The van der Waals surface area contributed by atoms with Gasteiger partial charge in [-0.25, -0.2) is 4.98 Å². The molecule has 0 bridgehead atoms. The lowest BCUT2D eigenvalue weighted by atomic mass is 10.1. The Morgan fingerprint density at radius 1 is 0.862 bits per heavy atom. The molecule has 0 unspecified atom stereocenters. The summed E-state index contributed by atoms with van der Waals surface area (Å²) in [6, 6.07) is 23.6. The van der Waals surface area contributed by atoms with Gasteiger partial charge in [0.1, 0.15) is 5.82 Å². The zero-order chi connectivity index (χ0) is 20.4. The Balaban J connectivity index is 1.85. The van der Waals surface area contributed by atoms with E-state index in [2.05, 4.69) is 29.2 Å². The van der Waals surface area contributed by atoms with Gasteiger partial charge in [0.15, 0.2) is 0 Å². The van der Waals surface area contributed by atoms with Gasteiger partial charge in [0, 0.05) is 19.8 Å². The first-order valence-electron chi connectivity index (χ1n) is 9.57. The number of aromatic nitrogens is 2. The van der Waals surface area contributed by atoms with Gasteiger partial charge in [-0.1, -0.05) is 48.0 Å². The van der Waals surface area contributed by atoms with Crippen molar-refractivity contribution in [2.45, 2.75) is 6.92 Å². The minimum atomic E-state index is -0.0675. The summed E-state index contributed by atoms with van der Waals surface area (Å²) in [6.07, 6.45) is 3.89. The van der Waals surface area contributed by atoms with Crippen LogP contribution in [0.25, 0.3) is 28.7 Å². The SMILES string of the molecule is Cc1ccc(-n2c(/C=C/c3ccc(N(C)C)cc3)nc3ccccc3c2=O)cc1. The summed E-state index contributed by atoms with van der Waals surface area (Å²) in [5, 5.41) is 0.612. The standard InChI is InChI=1S/C25H23N3O/c1-18-8-13-21(14-9-18)28-24(26-23-7-5-4-6-22(23)25(28)29)17-12-19-10-15-20(16-11-19)27(2)3/h4-17H,1-3H3/b17-12+. The first-order chi connectivity index (χ1) is 14.0. The maximum absolute atomic E-state index is 13.2. The normalized spacial score (nSPS) is 11.3. The smallest absolute Gasteiger partial charge is 0.266 e. The Labute approximate surface area is 170 Å². The van der Waals surface area contributed by atoms with Crippen LogP contribution in [0.2, 0.25) is 0 Å². The van der Waals surface area contributed by atoms with Crippen molar-refractivity contribution in [1.29, 1.82) is 0 Å². The van der Waals surface area contributed by atoms with Crippen molar-refractivity contribution in [3.8, 4) is 5.69 Å². The summed E-state index contributed by atoms with van der Waals surface area (Å²) in [5.41, 5.74) is 4.77. The number of benzene rings is 3. The lowest BCUT2D eigenvalue weighted by Crippen LogP contribution is -2.22. The molecule has 0 spiro atoms. The molecular formula is C25H23N3O. The van der Waals surface area contributed by atoms with Crippen LogP contribution in [0.5, 0.6) is 0 Å². The van der Waals surface area contributed by atoms with Gasteiger partial charge in [-0.3, -0.25) is 9.36 Å². The second-order valence-corrected chi connectivity index (χ2v) is 7.28. The van der Waals surface area contributed by atoms with E-state index < -0.39 is 0 Å². The van der Waals surface area contributed by atoms with Crippen LogP contribution in [0, 0.1) is 6.92 Å². The monoisotopic (exact) mass is 381 g/mol. The molecule has 1 heterocycles. The van der Waals surface area contributed by atoms with Gasteiger partial charge >= 0.3 is 0 Å². The van der Waals surface area contributed by atoms with E-state index in [0.29, 0.717) is 16.7 Å². The number of hydrogen-bond acceptors (Lipinski definition) is 3. The molecule has 4 nitrogen and oxygen atoms in total. The highest BCUT2D eigenvalue weighted by Crippen LogP contribution is 2.17. The fourth-order valence-corrected chi connectivity index (χ4v) is 3.26. The van der Waals surface area contributed by atoms with Crippen LogP contribution < -0.4 is 10.5 Å². The molecule has 0 N–H and O–H groups in total. The first kappa shape index (κ1) is 18.7. The van der Waals surface area contributed by atoms with E-state index in [1.165, 1.54) is 0 Å². The molecule has 4 aromatic rings. The Hall–Kier alpha value is -3.66. The lowest BCUT2D eigenvalue weighted by molar-refractivity contribution is 0.943. The minimum absolute atomic E-state index is 0.0675. The van der Waals surface area contributed by atoms with E-state index in [4.69, 9.17) is 4.98 Å². The zero-order valence-electron chi connectivity index (χ0n) is 16.8. The summed E-state index contributed by atoms with van der Waals surface area (Å²) in [4.78, 5) is 20.1. The molecule has 0 fully saturated rings. The van der Waals surface area contributed by atoms with Gasteiger partial charge < -0.3 is 4.90 Å². The van der Waals surface area contributed by atoms with Crippen molar-refractivity contribution < 1.29 is 0 Å². The molecule has 0 aliphatic heterocycles. The predicted molar refractivity (Wildman–Crippen MR) is 122 cm³/mol. The number of hydrogen-bond donors (Lipinski definition) is 0. The van der Waals surface area contributed by atoms with E-state index in [0.717, 1.165) is 22.5 Å². The van der Waals surface area contributed by atoms with Crippen LogP contribution in [0.1, 0.15) is 17.0 Å². The molecule has 0 radical (unpaired) electrons. The van der Waals surface area contributed by atoms with Crippen molar-refractivity contribution in [1.82, 2.24) is 9.55 Å². The molecule has 1 aromatic heterocycles. The molecule has 0 aliphatic carbocycles. The van der Waals surface area contributed by atoms with Crippen molar-refractivity contribution in [3.05, 3.63) is 100 Å². The molecule has 0 aliphatic rings. The lowest BCUT2D eigenvalue weighted by Gasteiger charge is -2.12. The van der Waals surface area contributed by atoms with Gasteiger partial charge in [0.2, 0.25) is 0 Å². The van der Waals surface area contributed by atoms with Crippen LogP contribution in [0.4, 0.5) is 5.69 Å². The second-order valence-electron chi connectivity index (χ2n) is 7.28. The molecule has 0 atom stereocenters. The summed E-state index contributed by atoms with van der Waals surface area (Å²) < 4.78 is 1.67. The molecule has 3 aromatic carbocycles. The van der Waals surface area contributed by atoms with E-state index >= 15 is 0 Å². The molecule has 0 saturated heterocycles. The van der Waals surface area contributed by atoms with Gasteiger partial charge in [-0.15, -0.1) is 0 Å². The summed E-state index contributed by atoms with van der Waals surface area (Å²) in [6.45, 7) is 2.03. The van der Waals surface area contributed by atoms with Crippen LogP contribution in [0.3, 0.4) is 0 Å². The average Bonchev–Trinajstić information content (AvgIpc) is 2.73. The molecule has 4 heteroatoms. The minimum Gasteiger partial charge on any atom is -0.378 e. The van der Waals surface area contributed by atoms with E-state index in [9.17, 15) is 4.79 Å². The molecular weight excluding hydrogens is 358 g/mol. The highest BCUT2D eigenvalue weighted by molar-refractivity contribution is 5.80. The van der Waals surface area contributed by atoms with Crippen molar-refractivity contribution >= 4 is 28.7 Å². The van der Waals surface area contributed by atoms with Crippen molar-refractivity contribution in [3.63, 3.8) is 0 Å². The summed E-state index contributed by atoms with van der Waals surface area (Å²) >= 11 is 0. The predicted octanol–water partition coefficient (Wildman–Crippen LogP) is 4.93. The third-order valence-corrected chi connectivity index (χ3v) is 4.93. The van der Waals surface area contributed by atoms with Crippen LogP contribution in [-0.2, 0) is 0 Å². The Morgan fingerprint density at radius 2 is 1.55 bits per heavy atom. The number of fused-ring (bicyclic) bond motifs is 1. The van der Waals surface area contributed by atoms with Crippen LogP contribution >= 0.6 is 0 Å². The molecule has 29 heavy (non-hydrogen) atoms. The summed E-state index contributed by atoms with van der Waals surface area (Å²) in [7, 11) is 4.04. The van der Waals surface area contributed by atoms with E-state index in [1.54, 1.807) is 4.57 Å². The highest BCUT2D eigenvalue weighted by atomic mass is 16.1. The fourth-order valence-electron chi connectivity index (χ4n) is 3.26. The molecule has 144 valence electrons. The topological polar surface area (TPSA) is 38.1 Å². The maximum Gasteiger partial charge on any atom is 0.266 e. The average molecular weight is 381 g/mol. The number of nitrogens with zero attached hydrogens (tertiary/aromatic N) is 3. The number of aryl methyl sites for hydroxylation is 1. The van der Waals surface area contributed by atoms with Crippen LogP contribution in [0.15, 0.2) is 77.6 Å². The van der Waals surface area contributed by atoms with E-state index in [-0.39, 0.29) is 5.56 Å². The number of para-hydroxylation sites is 1. The van der Waals surface area contributed by atoms with Gasteiger partial charge in [0.25, 0.3) is 5.56 Å². The van der Waals surface area contributed by atoms with Gasteiger partial charge in [-0.2, -0.15) is 0 Å². The molecule has 4 rings (SSSR count). The van der Waals surface area contributed by atoms with Gasteiger partial charge in [-0.05, 0) is 55.0 Å². The Bertz CT molecular complexity index is 1230. The summed E-state index contributed by atoms with van der Waals surface area (Å²) in [5.74, 6) is 0.606. The molecule has 0 amide bonds. The first-order valence-corrected chi connectivity index (χ1v) is 9.57. The highest BCUT2D eigenvalue weighted by Gasteiger charge is 2.10. The largest absolute Gasteiger partial charge is 0.378 e. The number of anilines is 1. The van der Waals surface area contributed by atoms with Crippen LogP contribution in [-0.4, -0.2) is 23.6 Å². The third kappa shape index (κ3) is 3.83. The second kappa shape index (κ2) is 7.76. The molecule has 0 saturated carbocycles. The maximum atomic E-state index is 13.2. The Morgan fingerprint density at radius 3 is 2.24 bits per heavy atom. The fraction of sp³-hybridized carbons (Fsp3) is 0.120. The third-order valence-electron chi connectivity index (χ3n) is 4.93. The van der Waals surface area contributed by atoms with Crippen molar-refractivity contribution in [2.75, 3.05) is 19.0 Å². The number of rotatable bonds is 4. The zero-order valence-corrected chi connectivity index (χ0v) is 16.8. The van der Waals surface area contributed by atoms with E-state index in [1.807, 2.05) is 81.7 Å². The Kier molecular flexibility index (Phi) is 5.00. The quantitative estimate of drug-likeness (QED) is 0.503. The van der Waals surface area contributed by atoms with Crippen molar-refractivity contribution in [2.24, 2.45) is 0 Å². The van der Waals surface area contributed by atoms with Gasteiger partial charge in [0.05, 0.1) is 16.6 Å².